The average molecular weight is 244 g/mol. The van der Waals surface area contributed by atoms with Gasteiger partial charge in [0.1, 0.15) is 0 Å². The van der Waals surface area contributed by atoms with Crippen LogP contribution in [0.25, 0.3) is 5.53 Å². The highest BCUT2D eigenvalue weighted by molar-refractivity contribution is 6.36. The molecule has 3 heteroatoms. The normalized spacial score (nSPS) is 11.7. The number of ketones is 1. The van der Waals surface area contributed by atoms with E-state index in [0.717, 1.165) is 19.3 Å². The van der Waals surface area contributed by atoms with Crippen molar-refractivity contribution >= 4 is 11.5 Å². The Bertz CT molecular complexity index is 433. The summed E-state index contributed by atoms with van der Waals surface area (Å²) in [6, 6.07) is 10.1. The van der Waals surface area contributed by atoms with Gasteiger partial charge in [0.15, 0.2) is 0 Å². The van der Waals surface area contributed by atoms with Crippen LogP contribution in [0.3, 0.4) is 0 Å². The Morgan fingerprint density at radius 1 is 1.33 bits per heavy atom. The summed E-state index contributed by atoms with van der Waals surface area (Å²) < 4.78 is 0. The van der Waals surface area contributed by atoms with Crippen molar-refractivity contribution in [2.45, 2.75) is 45.4 Å². The van der Waals surface area contributed by atoms with Crippen LogP contribution in [-0.4, -0.2) is 16.3 Å². The van der Waals surface area contributed by atoms with Gasteiger partial charge in [0.25, 0.3) is 0 Å². The van der Waals surface area contributed by atoms with Crippen LogP contribution in [-0.2, 0) is 4.79 Å². The predicted octanol–water partition coefficient (Wildman–Crippen LogP) is 3.61. The summed E-state index contributed by atoms with van der Waals surface area (Å²) in [5.41, 5.74) is 10.0. The largest absolute Gasteiger partial charge is 0.361 e. The predicted molar refractivity (Wildman–Crippen MR) is 72.6 cm³/mol. The monoisotopic (exact) mass is 244 g/mol. The van der Waals surface area contributed by atoms with Gasteiger partial charge in [-0.15, -0.1) is 0 Å². The van der Waals surface area contributed by atoms with Crippen molar-refractivity contribution in [3.63, 3.8) is 0 Å². The van der Waals surface area contributed by atoms with E-state index >= 15 is 0 Å². The van der Waals surface area contributed by atoms with Crippen LogP contribution in [0.15, 0.2) is 30.3 Å². The molecule has 0 amide bonds. The summed E-state index contributed by atoms with van der Waals surface area (Å²) in [5, 5.41) is 0. The molecule has 1 aromatic carbocycles. The second-order valence-electron chi connectivity index (χ2n) is 4.56. The van der Waals surface area contributed by atoms with Gasteiger partial charge in [-0.05, 0) is 17.9 Å². The molecule has 1 unspecified atom stereocenters. The molecule has 0 fully saturated rings. The van der Waals surface area contributed by atoms with Crippen LogP contribution in [0.5, 0.6) is 0 Å². The van der Waals surface area contributed by atoms with Crippen LogP contribution >= 0.6 is 0 Å². The minimum Gasteiger partial charge on any atom is -0.361 e. The van der Waals surface area contributed by atoms with E-state index in [-0.39, 0.29) is 17.4 Å². The molecule has 0 N–H and O–H groups in total. The van der Waals surface area contributed by atoms with Gasteiger partial charge >= 0.3 is 5.71 Å². The SMILES string of the molecule is CCCCC(CC(=O)C(C)=[N+]=[N-])c1ccccc1. The number of benzene rings is 1. The summed E-state index contributed by atoms with van der Waals surface area (Å²) in [4.78, 5) is 14.8. The number of hydrogen-bond donors (Lipinski definition) is 0. The smallest absolute Gasteiger partial charge is 0.331 e. The fourth-order valence-electron chi connectivity index (χ4n) is 1.99. The number of Topliss-reactive ketones (excluding diaryl/α,β-unsaturated/α-hetero) is 1. The van der Waals surface area contributed by atoms with Crippen LogP contribution in [0.4, 0.5) is 0 Å². The lowest BCUT2D eigenvalue weighted by molar-refractivity contribution is -0.117. The maximum Gasteiger partial charge on any atom is 0.331 e. The molecule has 0 aliphatic rings. The van der Waals surface area contributed by atoms with E-state index in [4.69, 9.17) is 5.53 Å². The second kappa shape index (κ2) is 7.57. The zero-order valence-electron chi connectivity index (χ0n) is 11.1. The quantitative estimate of drug-likeness (QED) is 0.410. The van der Waals surface area contributed by atoms with Gasteiger partial charge in [-0.3, -0.25) is 4.79 Å². The molecular weight excluding hydrogens is 224 g/mol. The third-order valence-corrected chi connectivity index (χ3v) is 3.16. The lowest BCUT2D eigenvalue weighted by Gasteiger charge is -2.15. The first-order valence-corrected chi connectivity index (χ1v) is 6.45. The summed E-state index contributed by atoms with van der Waals surface area (Å²) >= 11 is 0. The molecule has 0 spiro atoms. The number of carbonyl (C=O) groups excluding carboxylic acids is 1. The number of hydrogen-bond acceptors (Lipinski definition) is 1. The summed E-state index contributed by atoms with van der Waals surface area (Å²) in [6.45, 7) is 3.69. The van der Waals surface area contributed by atoms with Gasteiger partial charge in [0.2, 0.25) is 5.78 Å². The Labute approximate surface area is 108 Å². The summed E-state index contributed by atoms with van der Waals surface area (Å²) in [6.07, 6.45) is 3.62. The molecule has 0 saturated heterocycles. The third-order valence-electron chi connectivity index (χ3n) is 3.16. The zero-order valence-corrected chi connectivity index (χ0v) is 11.1. The second-order valence-corrected chi connectivity index (χ2v) is 4.56. The molecule has 1 atom stereocenters. The van der Waals surface area contributed by atoms with Crippen LogP contribution in [0, 0.1) is 0 Å². The minimum atomic E-state index is -0.0811. The van der Waals surface area contributed by atoms with E-state index in [1.807, 2.05) is 18.2 Å². The first kappa shape index (κ1) is 14.3. The fraction of sp³-hybridized carbons (Fsp3) is 0.467. The number of carbonyl (C=O) groups is 1. The molecular formula is C15H20N2O. The summed E-state index contributed by atoms with van der Waals surface area (Å²) in [5.74, 6) is 0.137. The molecule has 3 nitrogen and oxygen atoms in total. The number of unbranched alkanes of at least 4 members (excludes halogenated alkanes) is 1. The molecule has 18 heavy (non-hydrogen) atoms. The Hall–Kier alpha value is -1.73. The summed E-state index contributed by atoms with van der Waals surface area (Å²) in [7, 11) is 0. The van der Waals surface area contributed by atoms with Gasteiger partial charge in [0, 0.05) is 13.3 Å². The Kier molecular flexibility index (Phi) is 6.03. The van der Waals surface area contributed by atoms with Gasteiger partial charge < -0.3 is 5.53 Å². The lowest BCUT2D eigenvalue weighted by Crippen LogP contribution is -2.15. The van der Waals surface area contributed by atoms with Crippen molar-refractivity contribution in [2.24, 2.45) is 0 Å². The maximum atomic E-state index is 11.8. The molecule has 0 heterocycles. The molecule has 0 aromatic heterocycles. The van der Waals surface area contributed by atoms with Crippen LogP contribution in [0.2, 0.25) is 0 Å². The van der Waals surface area contributed by atoms with Crippen LogP contribution < -0.4 is 0 Å². The molecule has 0 bridgehead atoms. The molecule has 0 aliphatic heterocycles. The highest BCUT2D eigenvalue weighted by Crippen LogP contribution is 2.25. The number of nitrogens with zero attached hydrogens (tertiary/aromatic N) is 2. The highest BCUT2D eigenvalue weighted by Gasteiger charge is 2.20. The van der Waals surface area contributed by atoms with Crippen molar-refractivity contribution < 1.29 is 9.58 Å². The fourth-order valence-corrected chi connectivity index (χ4v) is 1.99. The van der Waals surface area contributed by atoms with E-state index in [1.54, 1.807) is 6.92 Å². The maximum absolute atomic E-state index is 11.8. The first-order chi connectivity index (χ1) is 8.69. The Morgan fingerprint density at radius 3 is 2.56 bits per heavy atom. The van der Waals surface area contributed by atoms with Gasteiger partial charge in [-0.1, -0.05) is 50.1 Å². The van der Waals surface area contributed by atoms with Gasteiger partial charge in [0.05, 0.1) is 0 Å². The highest BCUT2D eigenvalue weighted by atomic mass is 16.1. The molecule has 0 radical (unpaired) electrons. The first-order valence-electron chi connectivity index (χ1n) is 6.45. The molecule has 0 aliphatic carbocycles. The number of rotatable bonds is 7. The molecule has 1 rings (SSSR count). The van der Waals surface area contributed by atoms with Gasteiger partial charge in [-0.25, -0.2) is 0 Å². The van der Waals surface area contributed by atoms with Gasteiger partial charge in [-0.2, -0.15) is 4.79 Å². The van der Waals surface area contributed by atoms with Crippen molar-refractivity contribution in [3.05, 3.63) is 41.4 Å². The molecule has 96 valence electrons. The van der Waals surface area contributed by atoms with Crippen molar-refractivity contribution in [1.29, 1.82) is 0 Å². The van der Waals surface area contributed by atoms with E-state index < -0.39 is 0 Å². The van der Waals surface area contributed by atoms with E-state index in [0.29, 0.717) is 6.42 Å². The van der Waals surface area contributed by atoms with E-state index in [9.17, 15) is 4.79 Å². The van der Waals surface area contributed by atoms with E-state index in [2.05, 4.69) is 23.8 Å². The van der Waals surface area contributed by atoms with E-state index in [1.165, 1.54) is 5.56 Å². The third kappa shape index (κ3) is 4.27. The Balaban J connectivity index is 2.79. The zero-order chi connectivity index (χ0) is 13.4. The topological polar surface area (TPSA) is 53.5 Å². The lowest BCUT2D eigenvalue weighted by atomic mass is 9.88. The minimum absolute atomic E-state index is 0.0811. The molecule has 1 aromatic rings. The Morgan fingerprint density at radius 2 is 2.00 bits per heavy atom. The van der Waals surface area contributed by atoms with Crippen molar-refractivity contribution in [1.82, 2.24) is 0 Å². The standard InChI is InChI=1S/C15H20N2O/c1-3-4-8-14(11-15(18)12(2)17-16)13-9-6-5-7-10-13/h5-7,9-10,14H,3-4,8,11H2,1-2H3. The van der Waals surface area contributed by atoms with Crippen molar-refractivity contribution in [3.8, 4) is 0 Å². The molecule has 0 saturated carbocycles. The van der Waals surface area contributed by atoms with Crippen LogP contribution in [0.1, 0.15) is 51.0 Å². The van der Waals surface area contributed by atoms with Crippen molar-refractivity contribution in [2.75, 3.05) is 0 Å². The average Bonchev–Trinajstić information content (AvgIpc) is 2.43.